The second-order valence-electron chi connectivity index (χ2n) is 7.33. The molecule has 4 N–H and O–H groups in total. The van der Waals surface area contributed by atoms with Gasteiger partial charge in [0.15, 0.2) is 14.6 Å². The average Bonchev–Trinajstić information content (AvgIpc) is 2.75. The molecule has 8 nitrogen and oxygen atoms in total. The molecule has 1 aliphatic rings. The van der Waals surface area contributed by atoms with E-state index in [1.807, 2.05) is 0 Å². The van der Waals surface area contributed by atoms with E-state index in [0.717, 1.165) is 0 Å². The predicted octanol–water partition coefficient (Wildman–Crippen LogP) is 1.10. The van der Waals surface area contributed by atoms with E-state index in [0.29, 0.717) is 18.5 Å². The molecule has 160 valence electrons. The first kappa shape index (κ1) is 21.8. The number of phenolic OH excluding ortho intramolecular Hbond substituents is 1. The highest BCUT2D eigenvalue weighted by atomic mass is 32.2. The van der Waals surface area contributed by atoms with Gasteiger partial charge in [0, 0.05) is 13.0 Å². The normalized spacial score (nSPS) is 20.3. The number of sulfone groups is 1. The van der Waals surface area contributed by atoms with E-state index in [1.54, 1.807) is 30.3 Å². The molecule has 0 spiro atoms. The summed E-state index contributed by atoms with van der Waals surface area (Å²) in [5.74, 6) is -2.06. The van der Waals surface area contributed by atoms with Crippen LogP contribution in [0.15, 0.2) is 59.5 Å². The number of phenols is 1. The molecule has 1 saturated heterocycles. The number of carbonyl (C=O) groups is 2. The number of carbonyl (C=O) groups excluding carboxylic acids is 1. The minimum atomic E-state index is -4.07. The maximum atomic E-state index is 13.4. The molecule has 2 aromatic carbocycles. The zero-order chi connectivity index (χ0) is 21.8. The molecule has 3 rings (SSSR count). The summed E-state index contributed by atoms with van der Waals surface area (Å²) in [5, 5.41) is 24.4. The quantitative estimate of drug-likeness (QED) is 0.515. The van der Waals surface area contributed by atoms with Crippen LogP contribution >= 0.6 is 0 Å². The lowest BCUT2D eigenvalue weighted by atomic mass is 9.96. The molecule has 1 aliphatic heterocycles. The van der Waals surface area contributed by atoms with E-state index in [2.05, 4.69) is 10.6 Å². The SMILES string of the molecule is O=C(O)[C@H](Cc1ccc(O)cc1)NC(=O)C1(S(=O)(=O)c2ccccc2)CCCNC1. The molecule has 0 aliphatic carbocycles. The maximum Gasteiger partial charge on any atom is 0.326 e. The van der Waals surface area contributed by atoms with Gasteiger partial charge in [-0.15, -0.1) is 0 Å². The van der Waals surface area contributed by atoms with Gasteiger partial charge in [-0.2, -0.15) is 0 Å². The Bertz CT molecular complexity index is 1000. The van der Waals surface area contributed by atoms with Crippen molar-refractivity contribution in [3.63, 3.8) is 0 Å². The third kappa shape index (κ3) is 4.31. The summed E-state index contributed by atoms with van der Waals surface area (Å²) in [5.41, 5.74) is 0.585. The van der Waals surface area contributed by atoms with Crippen molar-refractivity contribution in [3.8, 4) is 5.75 Å². The lowest BCUT2D eigenvalue weighted by Gasteiger charge is -2.36. The summed E-state index contributed by atoms with van der Waals surface area (Å²) in [4.78, 5) is 25.1. The molecule has 1 fully saturated rings. The van der Waals surface area contributed by atoms with Gasteiger partial charge < -0.3 is 20.8 Å². The monoisotopic (exact) mass is 432 g/mol. The predicted molar refractivity (Wildman–Crippen MR) is 110 cm³/mol. The van der Waals surface area contributed by atoms with Gasteiger partial charge in [-0.05, 0) is 49.2 Å². The summed E-state index contributed by atoms with van der Waals surface area (Å²) in [6, 6.07) is 12.3. The van der Waals surface area contributed by atoms with Crippen LogP contribution in [0, 0.1) is 0 Å². The van der Waals surface area contributed by atoms with Crippen molar-refractivity contribution in [2.24, 2.45) is 0 Å². The number of aliphatic carboxylic acids is 1. The van der Waals surface area contributed by atoms with Crippen molar-refractivity contribution < 1.29 is 28.2 Å². The van der Waals surface area contributed by atoms with Crippen LogP contribution in [0.3, 0.4) is 0 Å². The molecule has 0 bridgehead atoms. The van der Waals surface area contributed by atoms with Crippen LogP contribution in [0.25, 0.3) is 0 Å². The van der Waals surface area contributed by atoms with Crippen LogP contribution < -0.4 is 10.6 Å². The van der Waals surface area contributed by atoms with Gasteiger partial charge in [0.05, 0.1) is 4.90 Å². The fraction of sp³-hybridized carbons (Fsp3) is 0.333. The summed E-state index contributed by atoms with van der Waals surface area (Å²) >= 11 is 0. The lowest BCUT2D eigenvalue weighted by Crippen LogP contribution is -2.62. The number of piperidine rings is 1. The summed E-state index contributed by atoms with van der Waals surface area (Å²) in [6.07, 6.45) is 0.514. The Morgan fingerprint density at radius 2 is 1.77 bits per heavy atom. The maximum absolute atomic E-state index is 13.4. The molecule has 0 radical (unpaired) electrons. The number of hydrogen-bond acceptors (Lipinski definition) is 6. The van der Waals surface area contributed by atoms with Crippen molar-refractivity contribution in [1.82, 2.24) is 10.6 Å². The van der Waals surface area contributed by atoms with E-state index >= 15 is 0 Å². The zero-order valence-corrected chi connectivity index (χ0v) is 17.1. The summed E-state index contributed by atoms with van der Waals surface area (Å²) in [7, 11) is -4.07. The number of benzene rings is 2. The molecule has 1 amide bonds. The fourth-order valence-corrected chi connectivity index (χ4v) is 5.58. The molecule has 9 heteroatoms. The molecule has 0 aromatic heterocycles. The first-order chi connectivity index (χ1) is 14.3. The van der Waals surface area contributed by atoms with Gasteiger partial charge in [-0.25, -0.2) is 13.2 Å². The number of hydrogen-bond donors (Lipinski definition) is 4. The van der Waals surface area contributed by atoms with Gasteiger partial charge in [-0.3, -0.25) is 4.79 Å². The van der Waals surface area contributed by atoms with E-state index in [1.165, 1.54) is 24.3 Å². The highest BCUT2D eigenvalue weighted by molar-refractivity contribution is 7.93. The number of amides is 1. The molecule has 30 heavy (non-hydrogen) atoms. The summed E-state index contributed by atoms with van der Waals surface area (Å²) < 4.78 is 25.0. The third-order valence-electron chi connectivity index (χ3n) is 5.31. The Morgan fingerprint density at radius 3 is 2.33 bits per heavy atom. The Morgan fingerprint density at radius 1 is 1.10 bits per heavy atom. The zero-order valence-electron chi connectivity index (χ0n) is 16.2. The van der Waals surface area contributed by atoms with Crippen LogP contribution in [0.4, 0.5) is 0 Å². The molecule has 0 saturated carbocycles. The van der Waals surface area contributed by atoms with Gasteiger partial charge in [0.25, 0.3) is 0 Å². The van der Waals surface area contributed by atoms with E-state index in [-0.39, 0.29) is 30.0 Å². The molecule has 1 unspecified atom stereocenters. The highest BCUT2D eigenvalue weighted by Crippen LogP contribution is 2.32. The topological polar surface area (TPSA) is 133 Å². The molecule has 1 heterocycles. The van der Waals surface area contributed by atoms with Gasteiger partial charge in [-0.1, -0.05) is 30.3 Å². The number of aromatic hydroxyl groups is 1. The largest absolute Gasteiger partial charge is 0.508 e. The first-order valence-corrected chi connectivity index (χ1v) is 11.1. The number of carboxylic acids is 1. The van der Waals surface area contributed by atoms with Crippen molar-refractivity contribution >= 4 is 21.7 Å². The minimum absolute atomic E-state index is 0.0225. The van der Waals surface area contributed by atoms with E-state index in [4.69, 9.17) is 0 Å². The first-order valence-electron chi connectivity index (χ1n) is 9.58. The Hall–Kier alpha value is -2.91. The Balaban J connectivity index is 1.91. The van der Waals surface area contributed by atoms with Crippen LogP contribution in [-0.2, 0) is 25.8 Å². The lowest BCUT2D eigenvalue weighted by molar-refractivity contribution is -0.142. The Kier molecular flexibility index (Phi) is 6.42. The third-order valence-corrected chi connectivity index (χ3v) is 7.76. The van der Waals surface area contributed by atoms with Gasteiger partial charge >= 0.3 is 5.97 Å². The van der Waals surface area contributed by atoms with Crippen LogP contribution in [0.1, 0.15) is 18.4 Å². The van der Waals surface area contributed by atoms with E-state index in [9.17, 15) is 28.2 Å². The van der Waals surface area contributed by atoms with Crippen LogP contribution in [0.2, 0.25) is 0 Å². The van der Waals surface area contributed by atoms with Crippen molar-refractivity contribution in [2.75, 3.05) is 13.1 Å². The van der Waals surface area contributed by atoms with Crippen molar-refractivity contribution in [1.29, 1.82) is 0 Å². The van der Waals surface area contributed by atoms with Crippen LogP contribution in [-0.4, -0.2) is 54.4 Å². The smallest absolute Gasteiger partial charge is 0.326 e. The number of rotatable bonds is 7. The van der Waals surface area contributed by atoms with Gasteiger partial charge in [0.2, 0.25) is 5.91 Å². The van der Waals surface area contributed by atoms with Gasteiger partial charge in [0.1, 0.15) is 11.8 Å². The Labute approximate surface area is 174 Å². The molecule has 2 aromatic rings. The molecular weight excluding hydrogens is 408 g/mol. The fourth-order valence-electron chi connectivity index (χ4n) is 3.61. The van der Waals surface area contributed by atoms with E-state index < -0.39 is 32.5 Å². The average molecular weight is 432 g/mol. The minimum Gasteiger partial charge on any atom is -0.508 e. The molecule has 2 atom stereocenters. The van der Waals surface area contributed by atoms with Crippen molar-refractivity contribution in [3.05, 3.63) is 60.2 Å². The van der Waals surface area contributed by atoms with Crippen LogP contribution in [0.5, 0.6) is 5.75 Å². The second kappa shape index (κ2) is 8.85. The summed E-state index contributed by atoms with van der Waals surface area (Å²) in [6.45, 7) is 0.483. The standard InChI is InChI=1S/C21H24N2O6S/c24-16-9-7-15(8-10-16)13-18(19(25)26)23-20(27)21(11-4-12-22-14-21)30(28,29)17-5-2-1-3-6-17/h1-3,5-10,18,22,24H,4,11-14H2,(H,23,27)(H,25,26)/t18-,21?/m0/s1. The highest BCUT2D eigenvalue weighted by Gasteiger charge is 2.52. The number of carboxylic acid groups (broad SMARTS) is 1. The van der Waals surface area contributed by atoms with Crippen molar-refractivity contribution in [2.45, 2.75) is 34.9 Å². The molecular formula is C21H24N2O6S. The second-order valence-corrected chi connectivity index (χ2v) is 9.59. The number of nitrogens with one attached hydrogen (secondary N) is 2.